The zero-order valence-corrected chi connectivity index (χ0v) is 16.7. The van der Waals surface area contributed by atoms with Crippen molar-refractivity contribution in [2.24, 2.45) is 0 Å². The predicted octanol–water partition coefficient (Wildman–Crippen LogP) is -2.37. The Hall–Kier alpha value is -1.56. The number of carbonyl (C=O) groups is 3. The minimum absolute atomic E-state index is 0.0666. The lowest BCUT2D eigenvalue weighted by Gasteiger charge is -2.30. The first-order valence-electron chi connectivity index (χ1n) is 8.95. The third-order valence-electron chi connectivity index (χ3n) is 4.10. The Morgan fingerprint density at radius 3 is 1.68 bits per heavy atom. The Morgan fingerprint density at radius 1 is 0.821 bits per heavy atom. The molecular weight excluding hydrogens is 395 g/mol. The maximum atomic E-state index is 11.8. The van der Waals surface area contributed by atoms with Crippen molar-refractivity contribution in [3.05, 3.63) is 0 Å². The summed E-state index contributed by atoms with van der Waals surface area (Å²) in [6.45, 7) is 3.28. The van der Waals surface area contributed by atoms with Gasteiger partial charge in [-0.15, -0.1) is 0 Å². The van der Waals surface area contributed by atoms with Crippen LogP contribution in [0.3, 0.4) is 0 Å². The Morgan fingerprint density at radius 2 is 1.25 bits per heavy atom. The van der Waals surface area contributed by atoms with Gasteiger partial charge in [0.1, 0.15) is 0 Å². The number of rotatable bonds is 8. The summed E-state index contributed by atoms with van der Waals surface area (Å²) in [6.07, 6.45) is -0.514. The summed E-state index contributed by atoms with van der Waals surface area (Å²) in [5.41, 5.74) is 0. The SMILES string of the molecule is O=C(O)CN1CCNCCN(CC(=O)OC[PH](=O)O)CCN(CC(=O)O)CC1. The van der Waals surface area contributed by atoms with E-state index in [1.54, 1.807) is 14.7 Å². The Bertz CT molecular complexity index is 548. The number of carbonyl (C=O) groups excluding carboxylic acids is 1. The number of carboxylic acid groups (broad SMARTS) is 2. The molecule has 1 unspecified atom stereocenters. The van der Waals surface area contributed by atoms with Gasteiger partial charge in [0.15, 0.2) is 6.35 Å². The van der Waals surface area contributed by atoms with Crippen LogP contribution in [0.1, 0.15) is 0 Å². The van der Waals surface area contributed by atoms with Crippen LogP contribution in [0.15, 0.2) is 0 Å². The molecule has 162 valence electrons. The van der Waals surface area contributed by atoms with Gasteiger partial charge in [-0.3, -0.25) is 33.6 Å². The molecule has 1 rings (SSSR count). The monoisotopic (exact) mass is 424 g/mol. The summed E-state index contributed by atoms with van der Waals surface area (Å²) in [5, 5.41) is 21.3. The third-order valence-corrected chi connectivity index (χ3v) is 4.49. The van der Waals surface area contributed by atoms with E-state index in [-0.39, 0.29) is 19.6 Å². The number of aliphatic carboxylic acids is 2. The number of esters is 1. The standard InChI is InChI=1S/C15H29N4O8P/c20-13(21)9-17-3-1-16-2-4-18(11-15(24)27-12-28(25)26)6-8-19(7-5-17)10-14(22)23/h16,28H,1-12H2,(H,20,21)(H,22,23)(H,25,26). The highest BCUT2D eigenvalue weighted by molar-refractivity contribution is 7.37. The molecular formula is C15H29N4O8P. The van der Waals surface area contributed by atoms with E-state index in [9.17, 15) is 18.9 Å². The summed E-state index contributed by atoms with van der Waals surface area (Å²) in [5.74, 6) is -2.54. The zero-order valence-electron chi connectivity index (χ0n) is 15.7. The second-order valence-corrected chi connectivity index (χ2v) is 7.50. The number of nitrogens with zero attached hydrogens (tertiary/aromatic N) is 3. The van der Waals surface area contributed by atoms with Crippen molar-refractivity contribution >= 4 is 25.9 Å². The molecule has 1 fully saturated rings. The fraction of sp³-hybridized carbons (Fsp3) is 0.800. The molecule has 1 atom stereocenters. The van der Waals surface area contributed by atoms with Crippen molar-refractivity contribution < 1.29 is 38.8 Å². The van der Waals surface area contributed by atoms with E-state index < -0.39 is 32.3 Å². The molecule has 1 saturated heterocycles. The molecule has 1 aliphatic rings. The van der Waals surface area contributed by atoms with Crippen LogP contribution in [0.2, 0.25) is 0 Å². The van der Waals surface area contributed by atoms with Crippen molar-refractivity contribution in [1.82, 2.24) is 20.0 Å². The quantitative estimate of drug-likeness (QED) is 0.243. The average molecular weight is 424 g/mol. The summed E-state index contributed by atoms with van der Waals surface area (Å²) in [6, 6.07) is 0. The first-order chi connectivity index (χ1) is 13.3. The highest BCUT2D eigenvalue weighted by Gasteiger charge is 2.18. The Labute approximate surface area is 163 Å². The van der Waals surface area contributed by atoms with Gasteiger partial charge in [0, 0.05) is 52.4 Å². The number of hydrogen-bond donors (Lipinski definition) is 4. The van der Waals surface area contributed by atoms with E-state index in [1.807, 2.05) is 0 Å². The fourth-order valence-corrected chi connectivity index (χ4v) is 3.01. The van der Waals surface area contributed by atoms with Crippen molar-refractivity contribution in [2.75, 3.05) is 78.3 Å². The van der Waals surface area contributed by atoms with E-state index in [1.165, 1.54) is 0 Å². The van der Waals surface area contributed by atoms with E-state index in [2.05, 4.69) is 5.32 Å². The number of nitrogens with one attached hydrogen (secondary N) is 1. The highest BCUT2D eigenvalue weighted by atomic mass is 31.1. The van der Waals surface area contributed by atoms with Gasteiger partial charge in [-0.05, 0) is 0 Å². The topological polar surface area (TPSA) is 160 Å². The molecule has 0 spiro atoms. The molecule has 0 bridgehead atoms. The molecule has 1 aliphatic heterocycles. The van der Waals surface area contributed by atoms with E-state index in [0.717, 1.165) is 0 Å². The lowest BCUT2D eigenvalue weighted by molar-refractivity contribution is -0.143. The molecule has 4 N–H and O–H groups in total. The first-order valence-corrected chi connectivity index (χ1v) is 10.5. The molecule has 1 heterocycles. The molecule has 12 nitrogen and oxygen atoms in total. The van der Waals surface area contributed by atoms with E-state index >= 15 is 0 Å². The second-order valence-electron chi connectivity index (χ2n) is 6.42. The van der Waals surface area contributed by atoms with Gasteiger partial charge in [0.05, 0.1) is 19.6 Å². The van der Waals surface area contributed by atoms with Gasteiger partial charge in [-0.2, -0.15) is 0 Å². The van der Waals surface area contributed by atoms with Crippen molar-refractivity contribution in [1.29, 1.82) is 0 Å². The van der Waals surface area contributed by atoms with Crippen LogP contribution in [0, 0.1) is 0 Å². The van der Waals surface area contributed by atoms with Crippen molar-refractivity contribution in [3.63, 3.8) is 0 Å². The maximum absolute atomic E-state index is 11.8. The summed E-state index contributed by atoms with van der Waals surface area (Å²) >= 11 is 0. The molecule has 0 aromatic heterocycles. The summed E-state index contributed by atoms with van der Waals surface area (Å²) in [4.78, 5) is 47.9. The van der Waals surface area contributed by atoms with E-state index in [0.29, 0.717) is 52.4 Å². The maximum Gasteiger partial charge on any atom is 0.320 e. The lowest BCUT2D eigenvalue weighted by atomic mass is 10.3. The largest absolute Gasteiger partial charge is 0.480 e. The molecule has 28 heavy (non-hydrogen) atoms. The molecule has 0 saturated carbocycles. The van der Waals surface area contributed by atoms with Crippen LogP contribution in [-0.4, -0.2) is 126 Å². The lowest BCUT2D eigenvalue weighted by Crippen LogP contribution is -2.47. The van der Waals surface area contributed by atoms with Gasteiger partial charge in [-0.25, -0.2) is 0 Å². The van der Waals surface area contributed by atoms with Crippen LogP contribution in [0.4, 0.5) is 0 Å². The van der Waals surface area contributed by atoms with Gasteiger partial charge in [-0.1, -0.05) is 0 Å². The smallest absolute Gasteiger partial charge is 0.320 e. The fourth-order valence-electron chi connectivity index (χ4n) is 2.73. The van der Waals surface area contributed by atoms with Gasteiger partial charge in [0.25, 0.3) is 0 Å². The Balaban J connectivity index is 2.67. The van der Waals surface area contributed by atoms with Crippen LogP contribution < -0.4 is 5.32 Å². The first kappa shape index (κ1) is 24.5. The predicted molar refractivity (Wildman–Crippen MR) is 99.6 cm³/mol. The summed E-state index contributed by atoms with van der Waals surface area (Å²) in [7, 11) is -2.88. The second kappa shape index (κ2) is 13.6. The molecule has 0 aliphatic carbocycles. The molecule has 0 aromatic rings. The molecule has 0 aromatic carbocycles. The number of ether oxygens (including phenoxy) is 1. The minimum atomic E-state index is -2.88. The van der Waals surface area contributed by atoms with Crippen molar-refractivity contribution in [3.8, 4) is 0 Å². The zero-order chi connectivity index (χ0) is 20.9. The molecule has 0 radical (unpaired) electrons. The van der Waals surface area contributed by atoms with Gasteiger partial charge < -0.3 is 25.2 Å². The Kier molecular flexibility index (Phi) is 11.9. The summed E-state index contributed by atoms with van der Waals surface area (Å²) < 4.78 is 15.4. The normalized spacial score (nSPS) is 19.9. The minimum Gasteiger partial charge on any atom is -0.480 e. The molecule has 13 heteroatoms. The van der Waals surface area contributed by atoms with Crippen LogP contribution >= 0.6 is 8.03 Å². The number of hydrogen-bond acceptors (Lipinski definition) is 9. The molecule has 0 amide bonds. The van der Waals surface area contributed by atoms with Gasteiger partial charge in [0.2, 0.25) is 8.03 Å². The van der Waals surface area contributed by atoms with Crippen LogP contribution in [0.5, 0.6) is 0 Å². The van der Waals surface area contributed by atoms with Crippen LogP contribution in [-0.2, 0) is 23.7 Å². The highest BCUT2D eigenvalue weighted by Crippen LogP contribution is 2.11. The third kappa shape index (κ3) is 12.0. The van der Waals surface area contributed by atoms with Crippen LogP contribution in [0.25, 0.3) is 0 Å². The van der Waals surface area contributed by atoms with Gasteiger partial charge >= 0.3 is 17.9 Å². The number of carboxylic acids is 2. The average Bonchev–Trinajstić information content (AvgIpc) is 2.59. The van der Waals surface area contributed by atoms with Crippen molar-refractivity contribution in [2.45, 2.75) is 0 Å². The van der Waals surface area contributed by atoms with E-state index in [4.69, 9.17) is 19.8 Å².